The molecule has 2 aliphatic rings. The van der Waals surface area contributed by atoms with Gasteiger partial charge in [-0.05, 0) is 25.2 Å². The maximum absolute atomic E-state index is 11.9. The van der Waals surface area contributed by atoms with Crippen LogP contribution >= 0.6 is 0 Å². The number of hydrogen-bond donors (Lipinski definition) is 2. The van der Waals surface area contributed by atoms with E-state index in [2.05, 4.69) is 0 Å². The minimum absolute atomic E-state index is 0.0256. The average Bonchev–Trinajstić information content (AvgIpc) is 3.11. The Bertz CT molecular complexity index is 377. The number of likely N-dealkylation sites (tertiary alicyclic amines) is 1. The summed E-state index contributed by atoms with van der Waals surface area (Å²) in [6.07, 6.45) is 2.84. The number of carbonyl (C=O) groups excluding carboxylic acids is 1. The van der Waals surface area contributed by atoms with Crippen molar-refractivity contribution in [3.8, 4) is 0 Å². The van der Waals surface area contributed by atoms with Crippen LogP contribution < -0.4 is 0 Å². The van der Waals surface area contributed by atoms with Gasteiger partial charge in [0, 0.05) is 19.5 Å². The van der Waals surface area contributed by atoms with Crippen LogP contribution in [0.2, 0.25) is 0 Å². The molecule has 0 aromatic heterocycles. The number of nitrogens with zero attached hydrogens (tertiary/aromatic N) is 1. The fourth-order valence-electron chi connectivity index (χ4n) is 2.42. The standard InChI is InChI=1S/C12H17NO5/c14-10(5-7-1-2-7)13-4-3-8(11(15)16)9(6-13)12(17)18/h7-9H,1-6H2,(H,15,16)(H,17,18). The van der Waals surface area contributed by atoms with Crippen LogP contribution in [-0.2, 0) is 14.4 Å². The van der Waals surface area contributed by atoms with Crippen LogP contribution in [0.5, 0.6) is 0 Å². The van der Waals surface area contributed by atoms with Gasteiger partial charge in [0.2, 0.25) is 5.91 Å². The molecular weight excluding hydrogens is 238 g/mol. The molecule has 18 heavy (non-hydrogen) atoms. The third-order valence-corrected chi connectivity index (χ3v) is 3.76. The Kier molecular flexibility index (Phi) is 3.54. The van der Waals surface area contributed by atoms with Gasteiger partial charge in [0.15, 0.2) is 0 Å². The van der Waals surface area contributed by atoms with Gasteiger partial charge in [0.05, 0.1) is 11.8 Å². The van der Waals surface area contributed by atoms with Gasteiger partial charge < -0.3 is 15.1 Å². The summed E-state index contributed by atoms with van der Waals surface area (Å²) in [4.78, 5) is 35.4. The Labute approximate surface area is 105 Å². The Morgan fingerprint density at radius 1 is 1.00 bits per heavy atom. The summed E-state index contributed by atoms with van der Waals surface area (Å²) >= 11 is 0. The fourth-order valence-corrected chi connectivity index (χ4v) is 2.42. The summed E-state index contributed by atoms with van der Waals surface area (Å²) in [6.45, 7) is 0.379. The molecule has 1 heterocycles. The number of amides is 1. The van der Waals surface area contributed by atoms with Gasteiger partial charge in [-0.3, -0.25) is 14.4 Å². The second kappa shape index (κ2) is 4.96. The molecule has 1 aliphatic carbocycles. The van der Waals surface area contributed by atoms with Crippen molar-refractivity contribution in [3.63, 3.8) is 0 Å². The third kappa shape index (κ3) is 2.80. The maximum atomic E-state index is 11.9. The molecule has 0 aromatic rings. The summed E-state index contributed by atoms with van der Waals surface area (Å²) < 4.78 is 0. The molecule has 100 valence electrons. The quantitative estimate of drug-likeness (QED) is 0.759. The van der Waals surface area contributed by atoms with E-state index in [1.54, 1.807) is 0 Å². The van der Waals surface area contributed by atoms with E-state index in [4.69, 9.17) is 10.2 Å². The Hall–Kier alpha value is -1.59. The minimum atomic E-state index is -1.13. The van der Waals surface area contributed by atoms with E-state index in [1.807, 2.05) is 0 Å². The van der Waals surface area contributed by atoms with Gasteiger partial charge in [-0.2, -0.15) is 0 Å². The maximum Gasteiger partial charge on any atom is 0.309 e. The van der Waals surface area contributed by atoms with Gasteiger partial charge in [-0.25, -0.2) is 0 Å². The van der Waals surface area contributed by atoms with Crippen molar-refractivity contribution in [1.82, 2.24) is 4.90 Å². The smallest absolute Gasteiger partial charge is 0.309 e. The van der Waals surface area contributed by atoms with E-state index < -0.39 is 23.8 Å². The fraction of sp³-hybridized carbons (Fsp3) is 0.750. The molecule has 2 atom stereocenters. The highest BCUT2D eigenvalue weighted by molar-refractivity contribution is 5.82. The Morgan fingerprint density at radius 2 is 1.61 bits per heavy atom. The molecule has 0 aromatic carbocycles. The molecule has 0 bridgehead atoms. The zero-order valence-corrected chi connectivity index (χ0v) is 10.0. The number of carboxylic acid groups (broad SMARTS) is 2. The lowest BCUT2D eigenvalue weighted by atomic mass is 9.85. The zero-order valence-electron chi connectivity index (χ0n) is 10.0. The normalized spacial score (nSPS) is 27.9. The van der Waals surface area contributed by atoms with E-state index in [1.165, 1.54) is 4.90 Å². The monoisotopic (exact) mass is 255 g/mol. The highest BCUT2D eigenvalue weighted by atomic mass is 16.4. The van der Waals surface area contributed by atoms with Crippen LogP contribution in [0.1, 0.15) is 25.7 Å². The van der Waals surface area contributed by atoms with Crippen molar-refractivity contribution in [2.24, 2.45) is 17.8 Å². The van der Waals surface area contributed by atoms with Crippen LogP contribution in [0, 0.1) is 17.8 Å². The number of piperidine rings is 1. The lowest BCUT2D eigenvalue weighted by molar-refractivity contribution is -0.159. The highest BCUT2D eigenvalue weighted by Crippen LogP contribution is 2.34. The predicted octanol–water partition coefficient (Wildman–Crippen LogP) is 0.420. The third-order valence-electron chi connectivity index (χ3n) is 3.76. The van der Waals surface area contributed by atoms with Crippen LogP contribution in [0.25, 0.3) is 0 Å². The predicted molar refractivity (Wildman–Crippen MR) is 60.8 cm³/mol. The molecule has 2 rings (SSSR count). The van der Waals surface area contributed by atoms with E-state index >= 15 is 0 Å². The number of hydrogen-bond acceptors (Lipinski definition) is 3. The molecule has 0 radical (unpaired) electrons. The zero-order chi connectivity index (χ0) is 13.3. The van der Waals surface area contributed by atoms with E-state index in [0.717, 1.165) is 12.8 Å². The van der Waals surface area contributed by atoms with Gasteiger partial charge in [0.25, 0.3) is 0 Å². The van der Waals surface area contributed by atoms with Crippen LogP contribution in [0.3, 0.4) is 0 Å². The molecule has 1 aliphatic heterocycles. The van der Waals surface area contributed by atoms with Crippen molar-refractivity contribution >= 4 is 17.8 Å². The first-order valence-corrected chi connectivity index (χ1v) is 6.22. The molecule has 1 saturated heterocycles. The first kappa shape index (κ1) is 12.9. The van der Waals surface area contributed by atoms with Crippen LogP contribution in [0.4, 0.5) is 0 Å². The summed E-state index contributed by atoms with van der Waals surface area (Å²) in [7, 11) is 0. The second-order valence-corrected chi connectivity index (χ2v) is 5.17. The molecule has 6 nitrogen and oxygen atoms in total. The lowest BCUT2D eigenvalue weighted by Crippen LogP contribution is -2.48. The van der Waals surface area contributed by atoms with Gasteiger partial charge >= 0.3 is 11.9 Å². The van der Waals surface area contributed by atoms with E-state index in [0.29, 0.717) is 18.9 Å². The molecule has 2 unspecified atom stereocenters. The number of carbonyl (C=O) groups is 3. The summed E-state index contributed by atoms with van der Waals surface area (Å²) in [5.74, 6) is -3.67. The van der Waals surface area contributed by atoms with Crippen molar-refractivity contribution in [2.45, 2.75) is 25.7 Å². The largest absolute Gasteiger partial charge is 0.481 e. The molecule has 0 spiro atoms. The first-order valence-electron chi connectivity index (χ1n) is 6.22. The SMILES string of the molecule is O=C(O)C1CCN(C(=O)CC2CC2)CC1C(=O)O. The van der Waals surface area contributed by atoms with Crippen molar-refractivity contribution in [2.75, 3.05) is 13.1 Å². The Morgan fingerprint density at radius 3 is 2.11 bits per heavy atom. The summed E-state index contributed by atoms with van der Waals surface area (Å²) in [5.41, 5.74) is 0. The molecule has 1 amide bonds. The highest BCUT2D eigenvalue weighted by Gasteiger charge is 2.40. The molecular formula is C12H17NO5. The average molecular weight is 255 g/mol. The van der Waals surface area contributed by atoms with Gasteiger partial charge in [-0.1, -0.05) is 0 Å². The first-order chi connectivity index (χ1) is 8.49. The number of rotatable bonds is 4. The molecule has 6 heteroatoms. The van der Waals surface area contributed by atoms with Crippen molar-refractivity contribution < 1.29 is 24.6 Å². The van der Waals surface area contributed by atoms with Crippen LogP contribution in [-0.4, -0.2) is 46.0 Å². The van der Waals surface area contributed by atoms with Crippen molar-refractivity contribution in [1.29, 1.82) is 0 Å². The van der Waals surface area contributed by atoms with E-state index in [9.17, 15) is 14.4 Å². The molecule has 1 saturated carbocycles. The molecule has 2 N–H and O–H groups in total. The van der Waals surface area contributed by atoms with Crippen LogP contribution in [0.15, 0.2) is 0 Å². The second-order valence-electron chi connectivity index (χ2n) is 5.17. The van der Waals surface area contributed by atoms with Crippen molar-refractivity contribution in [3.05, 3.63) is 0 Å². The number of carboxylic acids is 2. The van der Waals surface area contributed by atoms with Gasteiger partial charge in [0.1, 0.15) is 0 Å². The Balaban J connectivity index is 1.98. The number of aliphatic carboxylic acids is 2. The lowest BCUT2D eigenvalue weighted by Gasteiger charge is -2.34. The topological polar surface area (TPSA) is 94.9 Å². The van der Waals surface area contributed by atoms with E-state index in [-0.39, 0.29) is 18.9 Å². The summed E-state index contributed by atoms with van der Waals surface area (Å²) in [5, 5.41) is 18.0. The summed E-state index contributed by atoms with van der Waals surface area (Å²) in [6, 6.07) is 0. The van der Waals surface area contributed by atoms with Gasteiger partial charge in [-0.15, -0.1) is 0 Å². The minimum Gasteiger partial charge on any atom is -0.481 e. The molecule has 2 fully saturated rings.